The number of nitrogens with one attached hydrogen (secondary N) is 3. The first-order chi connectivity index (χ1) is 13.9. The van der Waals surface area contributed by atoms with E-state index in [1.165, 1.54) is 12.5 Å². The molecule has 0 unspecified atom stereocenters. The SMILES string of the molecule is CC(=O)Nc1ccc(NC(=O)NC2CCN(Cc3ccc(Cl)cc3)CC2)c(Cl)c1. The molecule has 0 aromatic heterocycles. The molecule has 1 aliphatic heterocycles. The molecule has 2 aromatic carbocycles. The lowest BCUT2D eigenvalue weighted by molar-refractivity contribution is -0.114. The molecule has 6 nitrogen and oxygen atoms in total. The Bertz CT molecular complexity index is 865. The fourth-order valence-electron chi connectivity index (χ4n) is 3.32. The zero-order valence-electron chi connectivity index (χ0n) is 16.2. The molecule has 29 heavy (non-hydrogen) atoms. The standard InChI is InChI=1S/C21H24Cl2N4O2/c1-14(28)24-18-6-7-20(19(23)12-18)26-21(29)25-17-8-10-27(11-9-17)13-15-2-4-16(22)5-3-15/h2-7,12,17H,8-11,13H2,1H3,(H,24,28)(H2,25,26,29). The van der Waals surface area contributed by atoms with Crippen LogP contribution in [0.2, 0.25) is 10.0 Å². The Labute approximate surface area is 180 Å². The predicted molar refractivity (Wildman–Crippen MR) is 118 cm³/mol. The van der Waals surface area contributed by atoms with Crippen molar-refractivity contribution >= 4 is 46.5 Å². The first kappa shape index (κ1) is 21.4. The minimum absolute atomic E-state index is 0.119. The number of carbonyl (C=O) groups excluding carboxylic acids is 2. The molecule has 0 saturated carbocycles. The molecule has 3 rings (SSSR count). The van der Waals surface area contributed by atoms with Crippen LogP contribution in [-0.2, 0) is 11.3 Å². The Kier molecular flexibility index (Phi) is 7.36. The van der Waals surface area contributed by atoms with Gasteiger partial charge < -0.3 is 16.0 Å². The number of benzene rings is 2. The van der Waals surface area contributed by atoms with Crippen molar-refractivity contribution in [1.29, 1.82) is 0 Å². The van der Waals surface area contributed by atoms with Gasteiger partial charge in [-0.05, 0) is 48.7 Å². The van der Waals surface area contributed by atoms with Gasteiger partial charge in [-0.25, -0.2) is 4.79 Å². The molecule has 8 heteroatoms. The molecule has 1 saturated heterocycles. The predicted octanol–water partition coefficient (Wildman–Crippen LogP) is 4.74. The lowest BCUT2D eigenvalue weighted by Crippen LogP contribution is -2.45. The minimum Gasteiger partial charge on any atom is -0.335 e. The minimum atomic E-state index is -0.282. The highest BCUT2D eigenvalue weighted by atomic mass is 35.5. The molecule has 0 atom stereocenters. The number of rotatable bonds is 5. The normalized spacial score (nSPS) is 15.0. The number of hydrogen-bond donors (Lipinski definition) is 3. The van der Waals surface area contributed by atoms with E-state index in [2.05, 4.69) is 20.9 Å². The van der Waals surface area contributed by atoms with Crippen molar-refractivity contribution in [2.45, 2.75) is 32.4 Å². The maximum atomic E-state index is 12.3. The summed E-state index contributed by atoms with van der Waals surface area (Å²) in [7, 11) is 0. The number of hydrogen-bond acceptors (Lipinski definition) is 3. The number of carbonyl (C=O) groups is 2. The van der Waals surface area contributed by atoms with Crippen LogP contribution in [0.15, 0.2) is 42.5 Å². The van der Waals surface area contributed by atoms with Gasteiger partial charge in [0.05, 0.1) is 10.7 Å². The number of piperidine rings is 1. The van der Waals surface area contributed by atoms with E-state index in [9.17, 15) is 9.59 Å². The summed E-state index contributed by atoms with van der Waals surface area (Å²) in [6, 6.07) is 12.7. The molecule has 3 amide bonds. The second-order valence-corrected chi connectivity index (χ2v) is 7.99. The van der Waals surface area contributed by atoms with Crippen LogP contribution in [0.4, 0.5) is 16.2 Å². The van der Waals surface area contributed by atoms with Crippen molar-refractivity contribution in [2.75, 3.05) is 23.7 Å². The van der Waals surface area contributed by atoms with Gasteiger partial charge in [0, 0.05) is 43.3 Å². The molecule has 154 valence electrons. The van der Waals surface area contributed by atoms with Crippen LogP contribution in [0.3, 0.4) is 0 Å². The highest BCUT2D eigenvalue weighted by molar-refractivity contribution is 6.34. The second kappa shape index (κ2) is 9.96. The van der Waals surface area contributed by atoms with Crippen LogP contribution < -0.4 is 16.0 Å². The fourth-order valence-corrected chi connectivity index (χ4v) is 3.68. The van der Waals surface area contributed by atoms with Crippen molar-refractivity contribution in [3.63, 3.8) is 0 Å². The van der Waals surface area contributed by atoms with Crippen molar-refractivity contribution in [1.82, 2.24) is 10.2 Å². The average Bonchev–Trinajstić information content (AvgIpc) is 2.67. The van der Waals surface area contributed by atoms with E-state index in [0.717, 1.165) is 37.5 Å². The van der Waals surface area contributed by atoms with Gasteiger partial charge in [0.2, 0.25) is 5.91 Å². The van der Waals surface area contributed by atoms with Crippen LogP contribution in [0.25, 0.3) is 0 Å². The Balaban J connectivity index is 1.45. The van der Waals surface area contributed by atoms with Crippen LogP contribution in [0, 0.1) is 0 Å². The lowest BCUT2D eigenvalue weighted by Gasteiger charge is -2.32. The summed E-state index contributed by atoms with van der Waals surface area (Å²) in [6.07, 6.45) is 1.77. The zero-order valence-corrected chi connectivity index (χ0v) is 17.7. The first-order valence-corrected chi connectivity index (χ1v) is 10.3. The smallest absolute Gasteiger partial charge is 0.319 e. The zero-order chi connectivity index (χ0) is 20.8. The Morgan fingerprint density at radius 3 is 2.34 bits per heavy atom. The van der Waals surface area contributed by atoms with Gasteiger partial charge in [0.15, 0.2) is 0 Å². The van der Waals surface area contributed by atoms with E-state index in [0.29, 0.717) is 16.4 Å². The molecule has 3 N–H and O–H groups in total. The van der Waals surface area contributed by atoms with Gasteiger partial charge in [-0.1, -0.05) is 35.3 Å². The van der Waals surface area contributed by atoms with Gasteiger partial charge in [0.25, 0.3) is 0 Å². The second-order valence-electron chi connectivity index (χ2n) is 7.15. The highest BCUT2D eigenvalue weighted by Gasteiger charge is 2.21. The van der Waals surface area contributed by atoms with E-state index >= 15 is 0 Å². The summed E-state index contributed by atoms with van der Waals surface area (Å²) >= 11 is 12.1. The Hall–Kier alpha value is -2.28. The largest absolute Gasteiger partial charge is 0.335 e. The summed E-state index contributed by atoms with van der Waals surface area (Å²) in [4.78, 5) is 25.8. The van der Waals surface area contributed by atoms with Crippen LogP contribution in [-0.4, -0.2) is 36.0 Å². The third-order valence-electron chi connectivity index (χ3n) is 4.78. The van der Waals surface area contributed by atoms with Gasteiger partial charge in [-0.2, -0.15) is 0 Å². The monoisotopic (exact) mass is 434 g/mol. The van der Waals surface area contributed by atoms with E-state index in [1.807, 2.05) is 24.3 Å². The number of amides is 3. The molecule has 1 fully saturated rings. The molecule has 0 spiro atoms. The maximum absolute atomic E-state index is 12.3. The Morgan fingerprint density at radius 2 is 1.72 bits per heavy atom. The average molecular weight is 435 g/mol. The first-order valence-electron chi connectivity index (χ1n) is 9.50. The van der Waals surface area contributed by atoms with Gasteiger partial charge in [-0.15, -0.1) is 0 Å². The number of halogens is 2. The summed E-state index contributed by atoms with van der Waals surface area (Å²) in [5.74, 6) is -0.179. The molecule has 0 radical (unpaired) electrons. The third-order valence-corrected chi connectivity index (χ3v) is 5.34. The van der Waals surface area contributed by atoms with E-state index in [-0.39, 0.29) is 18.0 Å². The van der Waals surface area contributed by atoms with E-state index < -0.39 is 0 Å². The number of nitrogens with zero attached hydrogens (tertiary/aromatic N) is 1. The molecule has 2 aromatic rings. The van der Waals surface area contributed by atoms with Gasteiger partial charge in [-0.3, -0.25) is 9.69 Å². The summed E-state index contributed by atoms with van der Waals surface area (Å²) in [5, 5.41) is 9.55. The summed E-state index contributed by atoms with van der Waals surface area (Å²) < 4.78 is 0. The molecule has 1 heterocycles. The van der Waals surface area contributed by atoms with Crippen LogP contribution >= 0.6 is 23.2 Å². The van der Waals surface area contributed by atoms with Gasteiger partial charge >= 0.3 is 6.03 Å². The Morgan fingerprint density at radius 1 is 1.03 bits per heavy atom. The molecule has 0 bridgehead atoms. The third kappa shape index (κ3) is 6.63. The maximum Gasteiger partial charge on any atom is 0.319 e. The molecular weight excluding hydrogens is 411 g/mol. The highest BCUT2D eigenvalue weighted by Crippen LogP contribution is 2.25. The number of urea groups is 1. The van der Waals surface area contributed by atoms with E-state index in [1.54, 1.807) is 18.2 Å². The molecular formula is C21H24Cl2N4O2. The number of anilines is 2. The fraction of sp³-hybridized carbons (Fsp3) is 0.333. The van der Waals surface area contributed by atoms with Crippen molar-refractivity contribution in [3.8, 4) is 0 Å². The number of likely N-dealkylation sites (tertiary alicyclic amines) is 1. The molecule has 0 aliphatic carbocycles. The lowest BCUT2D eigenvalue weighted by atomic mass is 10.0. The van der Waals surface area contributed by atoms with Gasteiger partial charge in [0.1, 0.15) is 0 Å². The van der Waals surface area contributed by atoms with Crippen LogP contribution in [0.5, 0.6) is 0 Å². The topological polar surface area (TPSA) is 73.5 Å². The molecule has 1 aliphatic rings. The van der Waals surface area contributed by atoms with E-state index in [4.69, 9.17) is 23.2 Å². The summed E-state index contributed by atoms with van der Waals surface area (Å²) in [6.45, 7) is 4.14. The summed E-state index contributed by atoms with van der Waals surface area (Å²) in [5.41, 5.74) is 2.32. The van der Waals surface area contributed by atoms with Crippen molar-refractivity contribution < 1.29 is 9.59 Å². The van der Waals surface area contributed by atoms with Crippen LogP contribution in [0.1, 0.15) is 25.3 Å². The van der Waals surface area contributed by atoms with Crippen molar-refractivity contribution in [2.24, 2.45) is 0 Å². The van der Waals surface area contributed by atoms with Crippen molar-refractivity contribution in [3.05, 3.63) is 58.1 Å². The quantitative estimate of drug-likeness (QED) is 0.636.